The number of hydrogen-bond acceptors (Lipinski definition) is 2. The monoisotopic (exact) mass is 201 g/mol. The molecule has 0 aliphatic rings. The fourth-order valence-corrected chi connectivity index (χ4v) is 1.32. The van der Waals surface area contributed by atoms with Gasteiger partial charge in [0.15, 0.2) is 0 Å². The van der Waals surface area contributed by atoms with E-state index in [1.54, 1.807) is 0 Å². The molecule has 0 saturated heterocycles. The van der Waals surface area contributed by atoms with Crippen LogP contribution in [-0.4, -0.2) is 23.8 Å². The lowest BCUT2D eigenvalue weighted by atomic mass is 9.86. The van der Waals surface area contributed by atoms with Crippen molar-refractivity contribution in [1.29, 1.82) is 0 Å². The molecule has 14 heavy (non-hydrogen) atoms. The van der Waals surface area contributed by atoms with E-state index < -0.39 is 0 Å². The maximum Gasteiger partial charge on any atom is 0.0445 e. The predicted molar refractivity (Wildman–Crippen MR) is 62.4 cm³/mol. The van der Waals surface area contributed by atoms with Crippen molar-refractivity contribution >= 4 is 0 Å². The van der Waals surface area contributed by atoms with Gasteiger partial charge in [-0.15, -0.1) is 0 Å². The molecule has 2 unspecified atom stereocenters. The molecular weight excluding hydrogens is 174 g/mol. The molecule has 0 radical (unpaired) electrons. The van der Waals surface area contributed by atoms with Crippen molar-refractivity contribution in [1.82, 2.24) is 5.32 Å². The average Bonchev–Trinajstić information content (AvgIpc) is 2.01. The summed E-state index contributed by atoms with van der Waals surface area (Å²) in [6, 6.07) is 0.899. The minimum Gasteiger partial charge on any atom is -0.396 e. The summed E-state index contributed by atoms with van der Waals surface area (Å²) in [6.45, 7) is 13.6. The number of nitrogens with one attached hydrogen (secondary N) is 1. The van der Waals surface area contributed by atoms with Gasteiger partial charge in [-0.2, -0.15) is 0 Å². The quantitative estimate of drug-likeness (QED) is 0.716. The van der Waals surface area contributed by atoms with Crippen molar-refractivity contribution in [2.75, 3.05) is 6.61 Å². The summed E-state index contributed by atoms with van der Waals surface area (Å²) in [4.78, 5) is 0. The molecule has 0 aromatic heterocycles. The Balaban J connectivity index is 4.16. The van der Waals surface area contributed by atoms with Crippen LogP contribution in [0.1, 0.15) is 48.0 Å². The maximum absolute atomic E-state index is 8.96. The first kappa shape index (κ1) is 13.9. The van der Waals surface area contributed by atoms with E-state index in [9.17, 15) is 0 Å². The molecular formula is C12H27NO. The summed E-state index contributed by atoms with van der Waals surface area (Å²) in [5.41, 5.74) is 0.280. The van der Waals surface area contributed by atoms with Crippen molar-refractivity contribution in [3.63, 3.8) is 0 Å². The first-order valence-electron chi connectivity index (χ1n) is 5.66. The van der Waals surface area contributed by atoms with Gasteiger partial charge in [0, 0.05) is 18.7 Å². The molecule has 2 N–H and O–H groups in total. The largest absolute Gasteiger partial charge is 0.396 e. The van der Waals surface area contributed by atoms with Crippen LogP contribution in [0, 0.1) is 11.3 Å². The van der Waals surface area contributed by atoms with Crippen LogP contribution in [0.5, 0.6) is 0 Å². The van der Waals surface area contributed by atoms with Gasteiger partial charge in [0.05, 0.1) is 0 Å². The second kappa shape index (κ2) is 5.72. The van der Waals surface area contributed by atoms with Gasteiger partial charge >= 0.3 is 0 Å². The van der Waals surface area contributed by atoms with E-state index in [1.165, 1.54) is 0 Å². The van der Waals surface area contributed by atoms with Gasteiger partial charge in [0.1, 0.15) is 0 Å². The zero-order valence-corrected chi connectivity index (χ0v) is 10.6. The number of hydrogen-bond donors (Lipinski definition) is 2. The Bertz CT molecular complexity index is 149. The second-order valence-corrected chi connectivity index (χ2v) is 5.62. The lowest BCUT2D eigenvalue weighted by Gasteiger charge is -2.34. The lowest BCUT2D eigenvalue weighted by molar-refractivity contribution is 0.200. The Morgan fingerprint density at radius 3 is 1.93 bits per heavy atom. The van der Waals surface area contributed by atoms with Gasteiger partial charge in [0.25, 0.3) is 0 Å². The molecule has 0 amide bonds. The van der Waals surface area contributed by atoms with Crippen molar-refractivity contribution in [2.24, 2.45) is 11.3 Å². The van der Waals surface area contributed by atoms with Crippen LogP contribution in [0.2, 0.25) is 0 Å². The van der Waals surface area contributed by atoms with Crippen LogP contribution < -0.4 is 5.32 Å². The van der Waals surface area contributed by atoms with Crippen LogP contribution in [0.3, 0.4) is 0 Å². The third-order valence-corrected chi connectivity index (χ3v) is 3.01. The zero-order valence-electron chi connectivity index (χ0n) is 10.6. The standard InChI is InChI=1S/C12H27NO/c1-9(2)11(7-8-14)13-10(3)12(4,5)6/h9-11,13-14H,7-8H2,1-6H3. The number of aliphatic hydroxyl groups excluding tert-OH is 1. The van der Waals surface area contributed by atoms with Crippen LogP contribution in [0.4, 0.5) is 0 Å². The fourth-order valence-electron chi connectivity index (χ4n) is 1.32. The molecule has 2 atom stereocenters. The first-order valence-corrected chi connectivity index (χ1v) is 5.66. The van der Waals surface area contributed by atoms with Crippen LogP contribution in [0.15, 0.2) is 0 Å². The summed E-state index contributed by atoms with van der Waals surface area (Å²) >= 11 is 0. The normalized spacial score (nSPS) is 17.1. The van der Waals surface area contributed by atoms with Crippen molar-refractivity contribution < 1.29 is 5.11 Å². The Kier molecular flexibility index (Phi) is 5.68. The Morgan fingerprint density at radius 2 is 1.64 bits per heavy atom. The first-order chi connectivity index (χ1) is 6.29. The molecule has 0 heterocycles. The maximum atomic E-state index is 8.96. The number of rotatable bonds is 5. The average molecular weight is 201 g/mol. The topological polar surface area (TPSA) is 32.3 Å². The summed E-state index contributed by atoms with van der Waals surface area (Å²) in [5.74, 6) is 0.576. The molecule has 0 aliphatic carbocycles. The van der Waals surface area contributed by atoms with Gasteiger partial charge in [-0.05, 0) is 24.7 Å². The van der Waals surface area contributed by atoms with Gasteiger partial charge in [-0.1, -0.05) is 34.6 Å². The fraction of sp³-hybridized carbons (Fsp3) is 1.00. The molecule has 0 rings (SSSR count). The Labute approximate surface area is 89.1 Å². The van der Waals surface area contributed by atoms with E-state index in [0.29, 0.717) is 18.0 Å². The molecule has 0 aliphatic heterocycles. The molecule has 0 aromatic carbocycles. The molecule has 0 spiro atoms. The van der Waals surface area contributed by atoms with Crippen molar-refractivity contribution in [2.45, 2.75) is 60.0 Å². The third-order valence-electron chi connectivity index (χ3n) is 3.01. The molecule has 0 saturated carbocycles. The molecule has 2 heteroatoms. The van der Waals surface area contributed by atoms with Crippen LogP contribution in [-0.2, 0) is 0 Å². The van der Waals surface area contributed by atoms with E-state index in [4.69, 9.17) is 5.11 Å². The number of aliphatic hydroxyl groups is 1. The third kappa shape index (κ3) is 4.97. The molecule has 2 nitrogen and oxygen atoms in total. The van der Waals surface area contributed by atoms with Crippen molar-refractivity contribution in [3.05, 3.63) is 0 Å². The highest BCUT2D eigenvalue weighted by Gasteiger charge is 2.23. The van der Waals surface area contributed by atoms with E-state index in [2.05, 4.69) is 46.9 Å². The molecule has 86 valence electrons. The van der Waals surface area contributed by atoms with Gasteiger partial charge in [-0.3, -0.25) is 0 Å². The summed E-state index contributed by atoms with van der Waals surface area (Å²) < 4.78 is 0. The van der Waals surface area contributed by atoms with E-state index >= 15 is 0 Å². The predicted octanol–water partition coefficient (Wildman–Crippen LogP) is 2.42. The Morgan fingerprint density at radius 1 is 1.14 bits per heavy atom. The minimum atomic E-state index is 0.271. The lowest BCUT2D eigenvalue weighted by Crippen LogP contribution is -2.46. The van der Waals surface area contributed by atoms with Crippen molar-refractivity contribution in [3.8, 4) is 0 Å². The summed E-state index contributed by atoms with van der Waals surface area (Å²) in [6.07, 6.45) is 0.845. The van der Waals surface area contributed by atoms with Gasteiger partial charge in [0.2, 0.25) is 0 Å². The Hall–Kier alpha value is -0.0800. The summed E-state index contributed by atoms with van der Waals surface area (Å²) in [7, 11) is 0. The highest BCUT2D eigenvalue weighted by molar-refractivity contribution is 4.81. The van der Waals surface area contributed by atoms with Crippen LogP contribution in [0.25, 0.3) is 0 Å². The van der Waals surface area contributed by atoms with Gasteiger partial charge < -0.3 is 10.4 Å². The highest BCUT2D eigenvalue weighted by Crippen LogP contribution is 2.20. The molecule has 0 bridgehead atoms. The molecule has 0 fully saturated rings. The van der Waals surface area contributed by atoms with Gasteiger partial charge in [-0.25, -0.2) is 0 Å². The summed E-state index contributed by atoms with van der Waals surface area (Å²) in [5, 5.41) is 12.6. The van der Waals surface area contributed by atoms with E-state index in [-0.39, 0.29) is 12.0 Å². The SMILES string of the molecule is CC(C)C(CCO)NC(C)C(C)(C)C. The second-order valence-electron chi connectivity index (χ2n) is 5.62. The van der Waals surface area contributed by atoms with E-state index in [0.717, 1.165) is 6.42 Å². The zero-order chi connectivity index (χ0) is 11.4. The molecule has 0 aromatic rings. The smallest absolute Gasteiger partial charge is 0.0445 e. The highest BCUT2D eigenvalue weighted by atomic mass is 16.3. The van der Waals surface area contributed by atoms with E-state index in [1.807, 2.05) is 0 Å². The van der Waals surface area contributed by atoms with Crippen LogP contribution >= 0.6 is 0 Å². The minimum absolute atomic E-state index is 0.271.